The predicted octanol–water partition coefficient (Wildman–Crippen LogP) is 3.38. The van der Waals surface area contributed by atoms with Crippen LogP contribution in [0.1, 0.15) is 43.0 Å². The van der Waals surface area contributed by atoms with E-state index < -0.39 is 0 Å². The topological polar surface area (TPSA) is 20.3 Å². The Morgan fingerprint density at radius 3 is 2.22 bits per heavy atom. The van der Waals surface area contributed by atoms with Gasteiger partial charge in [0.05, 0.1) is 5.54 Å². The maximum Gasteiger partial charge on any atom is 0.183 e. The number of hydrogen-bond donors (Lipinski definition) is 0. The summed E-state index contributed by atoms with van der Waals surface area (Å²) < 4.78 is 0. The third kappa shape index (κ3) is 2.35. The fourth-order valence-electron chi connectivity index (χ4n) is 2.98. The second-order valence-corrected chi connectivity index (χ2v) is 5.80. The minimum atomic E-state index is -0.284. The van der Waals surface area contributed by atoms with Gasteiger partial charge in [-0.1, -0.05) is 37.3 Å². The van der Waals surface area contributed by atoms with Crippen molar-refractivity contribution in [3.8, 4) is 0 Å². The van der Waals surface area contributed by atoms with Gasteiger partial charge in [0, 0.05) is 5.56 Å². The number of benzene rings is 1. The molecule has 18 heavy (non-hydrogen) atoms. The summed E-state index contributed by atoms with van der Waals surface area (Å²) in [5, 5.41) is 0. The SMILES string of the molecule is CC1CCC(C(=O)c2ccccc2)(N(C)C)CC1. The monoisotopic (exact) mass is 245 g/mol. The van der Waals surface area contributed by atoms with Crippen molar-refractivity contribution in [3.05, 3.63) is 35.9 Å². The smallest absolute Gasteiger partial charge is 0.183 e. The molecule has 2 rings (SSSR count). The molecule has 0 saturated heterocycles. The van der Waals surface area contributed by atoms with Gasteiger partial charge < -0.3 is 0 Å². The lowest BCUT2D eigenvalue weighted by Gasteiger charge is -2.43. The molecule has 0 bridgehead atoms. The summed E-state index contributed by atoms with van der Waals surface area (Å²) in [6.45, 7) is 2.28. The Bertz CT molecular complexity index is 402. The van der Waals surface area contributed by atoms with Crippen LogP contribution in [0.25, 0.3) is 0 Å². The molecule has 1 saturated carbocycles. The molecule has 0 aliphatic heterocycles. The molecule has 0 atom stereocenters. The first-order valence-corrected chi connectivity index (χ1v) is 6.83. The summed E-state index contributed by atoms with van der Waals surface area (Å²) in [6.07, 6.45) is 4.26. The number of carbonyl (C=O) groups excluding carboxylic acids is 1. The molecule has 0 amide bonds. The van der Waals surface area contributed by atoms with Crippen LogP contribution in [0.2, 0.25) is 0 Å². The Kier molecular flexibility index (Phi) is 3.86. The molecule has 2 nitrogen and oxygen atoms in total. The van der Waals surface area contributed by atoms with Crippen LogP contribution in [0, 0.1) is 5.92 Å². The fourth-order valence-corrected chi connectivity index (χ4v) is 2.98. The fraction of sp³-hybridized carbons (Fsp3) is 0.562. The van der Waals surface area contributed by atoms with Crippen LogP contribution in [0.5, 0.6) is 0 Å². The third-order valence-corrected chi connectivity index (χ3v) is 4.42. The Hall–Kier alpha value is -1.15. The van der Waals surface area contributed by atoms with Crippen molar-refractivity contribution in [2.45, 2.75) is 38.1 Å². The molecule has 0 heterocycles. The average Bonchev–Trinajstić information content (AvgIpc) is 2.40. The second kappa shape index (κ2) is 5.23. The number of hydrogen-bond acceptors (Lipinski definition) is 2. The lowest BCUT2D eigenvalue weighted by molar-refractivity contribution is 0.0513. The molecular formula is C16H23NO. The Morgan fingerprint density at radius 2 is 1.72 bits per heavy atom. The quantitative estimate of drug-likeness (QED) is 0.761. The van der Waals surface area contributed by atoms with E-state index in [1.807, 2.05) is 44.4 Å². The summed E-state index contributed by atoms with van der Waals surface area (Å²) >= 11 is 0. The number of carbonyl (C=O) groups is 1. The summed E-state index contributed by atoms with van der Waals surface area (Å²) in [5.74, 6) is 1.04. The van der Waals surface area contributed by atoms with E-state index in [9.17, 15) is 4.79 Å². The normalized spacial score (nSPS) is 28.3. The molecule has 1 aromatic carbocycles. The van der Waals surface area contributed by atoms with Gasteiger partial charge in [0.15, 0.2) is 5.78 Å². The van der Waals surface area contributed by atoms with Crippen molar-refractivity contribution in [3.63, 3.8) is 0 Å². The van der Waals surface area contributed by atoms with Crippen molar-refractivity contribution in [1.29, 1.82) is 0 Å². The van der Waals surface area contributed by atoms with Crippen LogP contribution in [0.15, 0.2) is 30.3 Å². The van der Waals surface area contributed by atoms with Gasteiger partial charge in [-0.05, 0) is 45.7 Å². The van der Waals surface area contributed by atoms with Crippen molar-refractivity contribution in [2.75, 3.05) is 14.1 Å². The standard InChI is InChI=1S/C16H23NO/c1-13-9-11-16(12-10-13,17(2)3)15(18)14-7-5-4-6-8-14/h4-8,13H,9-12H2,1-3H3. The first-order valence-electron chi connectivity index (χ1n) is 6.83. The Labute approximate surface area is 110 Å². The Balaban J connectivity index is 2.29. The van der Waals surface area contributed by atoms with Crippen LogP contribution < -0.4 is 0 Å². The summed E-state index contributed by atoms with van der Waals surface area (Å²) in [5.41, 5.74) is 0.564. The Morgan fingerprint density at radius 1 is 1.17 bits per heavy atom. The minimum absolute atomic E-state index is 0.284. The van der Waals surface area contributed by atoms with E-state index in [1.54, 1.807) is 0 Å². The van der Waals surface area contributed by atoms with Crippen LogP contribution in [-0.2, 0) is 0 Å². The van der Waals surface area contributed by atoms with Crippen LogP contribution in [0.3, 0.4) is 0 Å². The molecule has 0 radical (unpaired) electrons. The van der Waals surface area contributed by atoms with E-state index in [1.165, 1.54) is 0 Å². The first-order chi connectivity index (χ1) is 8.56. The largest absolute Gasteiger partial charge is 0.297 e. The van der Waals surface area contributed by atoms with Gasteiger partial charge in [-0.15, -0.1) is 0 Å². The van der Waals surface area contributed by atoms with Crippen LogP contribution in [-0.4, -0.2) is 30.3 Å². The van der Waals surface area contributed by atoms with Crippen molar-refractivity contribution in [1.82, 2.24) is 4.90 Å². The average molecular weight is 245 g/mol. The van der Waals surface area contributed by atoms with Gasteiger partial charge in [-0.25, -0.2) is 0 Å². The summed E-state index contributed by atoms with van der Waals surface area (Å²) in [7, 11) is 4.08. The van der Waals surface area contributed by atoms with Gasteiger partial charge in [0.1, 0.15) is 0 Å². The van der Waals surface area contributed by atoms with E-state index in [0.29, 0.717) is 5.78 Å². The molecule has 0 spiro atoms. The molecule has 0 unspecified atom stereocenters. The highest BCUT2D eigenvalue weighted by Crippen LogP contribution is 2.37. The second-order valence-electron chi connectivity index (χ2n) is 5.80. The zero-order chi connectivity index (χ0) is 13.2. The first kappa shape index (κ1) is 13.3. The van der Waals surface area contributed by atoms with Crippen molar-refractivity contribution < 1.29 is 4.79 Å². The van der Waals surface area contributed by atoms with Crippen LogP contribution in [0.4, 0.5) is 0 Å². The lowest BCUT2D eigenvalue weighted by atomic mass is 9.72. The number of ketones is 1. The molecule has 98 valence electrons. The van der Waals surface area contributed by atoms with E-state index in [4.69, 9.17) is 0 Å². The molecule has 1 aliphatic rings. The summed E-state index contributed by atoms with van der Waals surface area (Å²) in [4.78, 5) is 15.0. The van der Waals surface area contributed by atoms with E-state index >= 15 is 0 Å². The number of Topliss-reactive ketones (excluding diaryl/α,β-unsaturated/α-hetero) is 1. The van der Waals surface area contributed by atoms with Crippen LogP contribution >= 0.6 is 0 Å². The van der Waals surface area contributed by atoms with Gasteiger partial charge in [-0.2, -0.15) is 0 Å². The van der Waals surface area contributed by atoms with E-state index in [-0.39, 0.29) is 5.54 Å². The number of rotatable bonds is 3. The molecule has 0 aromatic heterocycles. The van der Waals surface area contributed by atoms with Gasteiger partial charge >= 0.3 is 0 Å². The highest BCUT2D eigenvalue weighted by atomic mass is 16.1. The molecular weight excluding hydrogens is 222 g/mol. The predicted molar refractivity (Wildman–Crippen MR) is 74.8 cm³/mol. The number of likely N-dealkylation sites (N-methyl/N-ethyl adjacent to an activating group) is 1. The minimum Gasteiger partial charge on any atom is -0.297 e. The molecule has 1 fully saturated rings. The zero-order valence-electron chi connectivity index (χ0n) is 11.6. The maximum absolute atomic E-state index is 12.8. The zero-order valence-corrected chi connectivity index (χ0v) is 11.6. The van der Waals surface area contributed by atoms with Gasteiger partial charge in [0.25, 0.3) is 0 Å². The van der Waals surface area contributed by atoms with Gasteiger partial charge in [-0.3, -0.25) is 9.69 Å². The van der Waals surface area contributed by atoms with E-state index in [0.717, 1.165) is 37.2 Å². The lowest BCUT2D eigenvalue weighted by Crippen LogP contribution is -2.53. The maximum atomic E-state index is 12.8. The van der Waals surface area contributed by atoms with Gasteiger partial charge in [0.2, 0.25) is 0 Å². The number of nitrogens with zero attached hydrogens (tertiary/aromatic N) is 1. The highest BCUT2D eigenvalue weighted by molar-refractivity contribution is 6.03. The molecule has 1 aromatic rings. The molecule has 0 N–H and O–H groups in total. The van der Waals surface area contributed by atoms with E-state index in [2.05, 4.69) is 11.8 Å². The summed E-state index contributed by atoms with van der Waals surface area (Å²) in [6, 6.07) is 9.73. The molecule has 1 aliphatic carbocycles. The van der Waals surface area contributed by atoms with Crippen molar-refractivity contribution >= 4 is 5.78 Å². The molecule has 2 heteroatoms. The highest BCUT2D eigenvalue weighted by Gasteiger charge is 2.42. The van der Waals surface area contributed by atoms with Crippen molar-refractivity contribution in [2.24, 2.45) is 5.92 Å². The third-order valence-electron chi connectivity index (χ3n) is 4.42.